The molecule has 1 saturated carbocycles. The van der Waals surface area contributed by atoms with Gasteiger partial charge in [0.2, 0.25) is 5.91 Å². The Morgan fingerprint density at radius 2 is 2.06 bits per heavy atom. The molecular weight excluding hydrogens is 251 g/mol. The Morgan fingerprint density at radius 3 is 2.69 bits per heavy atom. The maximum Gasteiger partial charge on any atom is 0.231 e. The Kier molecular flexibility index (Phi) is 2.68. The molecule has 1 fully saturated rings. The number of hydrogen-bond acceptors (Lipinski definition) is 2. The number of anilines is 2. The van der Waals surface area contributed by atoms with Gasteiger partial charge in [-0.2, -0.15) is 0 Å². The van der Waals surface area contributed by atoms with Crippen LogP contribution in [0.4, 0.5) is 15.8 Å². The molecule has 3 nitrogen and oxygen atoms in total. The van der Waals surface area contributed by atoms with E-state index in [1.165, 1.54) is 6.07 Å². The van der Waals surface area contributed by atoms with Gasteiger partial charge in [0.1, 0.15) is 5.82 Å². The van der Waals surface area contributed by atoms with E-state index in [2.05, 4.69) is 0 Å². The summed E-state index contributed by atoms with van der Waals surface area (Å²) in [6, 6.07) is 3.20. The van der Waals surface area contributed by atoms with Crippen molar-refractivity contribution in [3.05, 3.63) is 23.5 Å². The smallest absolute Gasteiger partial charge is 0.231 e. The summed E-state index contributed by atoms with van der Waals surface area (Å²) in [6.45, 7) is 0. The number of benzene rings is 1. The van der Waals surface area contributed by atoms with Crippen LogP contribution in [0.1, 0.15) is 18.4 Å². The molecule has 0 atom stereocenters. The fraction of sp³-hybridized carbons (Fsp3) is 0.364. The first-order valence-electron chi connectivity index (χ1n) is 5.07. The zero-order chi connectivity index (χ0) is 10.6. The molecule has 0 aromatic heterocycles. The number of rotatable bonds is 1. The summed E-state index contributed by atoms with van der Waals surface area (Å²) in [6.07, 6.45) is 2.25. The van der Waals surface area contributed by atoms with Crippen molar-refractivity contribution < 1.29 is 26.3 Å². The minimum Gasteiger partial charge on any atom is -0.399 e. The van der Waals surface area contributed by atoms with Gasteiger partial charge in [-0.25, -0.2) is 4.39 Å². The molecule has 0 bridgehead atoms. The topological polar surface area (TPSA) is 46.3 Å². The van der Waals surface area contributed by atoms with Gasteiger partial charge in [-0.15, -0.1) is 0 Å². The van der Waals surface area contributed by atoms with E-state index in [9.17, 15) is 9.18 Å². The van der Waals surface area contributed by atoms with Crippen LogP contribution < -0.4 is 10.6 Å². The molecule has 1 amide bonds. The number of amides is 1. The molecule has 1 aromatic rings. The molecule has 1 heterocycles. The predicted octanol–water partition coefficient (Wildman–Crippen LogP) is 1.46. The fourth-order valence-electron chi connectivity index (χ4n) is 2.18. The fourth-order valence-corrected chi connectivity index (χ4v) is 2.18. The van der Waals surface area contributed by atoms with Crippen molar-refractivity contribution in [1.29, 1.82) is 0 Å². The van der Waals surface area contributed by atoms with Gasteiger partial charge in [0.25, 0.3) is 0 Å². The van der Waals surface area contributed by atoms with E-state index in [4.69, 9.17) is 5.73 Å². The Balaban J connectivity index is 0.000000963. The van der Waals surface area contributed by atoms with Crippen molar-refractivity contribution in [3.8, 4) is 0 Å². The van der Waals surface area contributed by atoms with E-state index in [1.54, 1.807) is 11.0 Å². The van der Waals surface area contributed by atoms with Gasteiger partial charge in [-0.1, -0.05) is 0 Å². The molecule has 86 valence electrons. The molecule has 2 N–H and O–H groups in total. The minimum absolute atomic E-state index is 0. The number of fused-ring (bicyclic) bond motifs is 1. The molecule has 0 spiro atoms. The third-order valence-electron chi connectivity index (χ3n) is 2.93. The number of nitrogen functional groups attached to an aromatic ring is 1. The summed E-state index contributed by atoms with van der Waals surface area (Å²) >= 11 is 0. The molecule has 1 aliphatic heterocycles. The van der Waals surface area contributed by atoms with Crippen molar-refractivity contribution in [3.63, 3.8) is 0 Å². The Hall–Kier alpha value is -1.06. The van der Waals surface area contributed by atoms with Gasteiger partial charge in [-0.05, 0) is 30.5 Å². The van der Waals surface area contributed by atoms with E-state index < -0.39 is 0 Å². The van der Waals surface area contributed by atoms with E-state index in [1.807, 2.05) is 0 Å². The Labute approximate surface area is 103 Å². The van der Waals surface area contributed by atoms with E-state index in [-0.39, 0.29) is 41.3 Å². The van der Waals surface area contributed by atoms with Crippen molar-refractivity contribution in [1.82, 2.24) is 0 Å². The van der Waals surface area contributed by atoms with Gasteiger partial charge in [0, 0.05) is 28.8 Å². The van der Waals surface area contributed by atoms with Gasteiger partial charge < -0.3 is 10.6 Å². The SMILES string of the molecule is Nc1cc(F)c2c(c1)CC(=O)N2C1CC1.[Fe]. The predicted molar refractivity (Wildman–Crippen MR) is 55.0 cm³/mol. The van der Waals surface area contributed by atoms with Crippen molar-refractivity contribution >= 4 is 17.3 Å². The minimum atomic E-state index is -0.372. The van der Waals surface area contributed by atoms with Crippen LogP contribution in [0.2, 0.25) is 0 Å². The maximum atomic E-state index is 13.7. The van der Waals surface area contributed by atoms with Crippen molar-refractivity contribution in [2.45, 2.75) is 25.3 Å². The molecule has 1 aromatic carbocycles. The van der Waals surface area contributed by atoms with Crippen LogP contribution >= 0.6 is 0 Å². The first-order chi connectivity index (χ1) is 7.16. The second-order valence-corrected chi connectivity index (χ2v) is 4.18. The molecular formula is C11H11FFeN2O. The molecule has 3 rings (SSSR count). The monoisotopic (exact) mass is 262 g/mol. The molecule has 0 saturated heterocycles. The van der Waals surface area contributed by atoms with E-state index in [0.29, 0.717) is 11.4 Å². The Bertz CT molecular complexity index is 460. The first kappa shape index (κ1) is 11.4. The third kappa shape index (κ3) is 1.60. The zero-order valence-corrected chi connectivity index (χ0v) is 9.62. The van der Waals surface area contributed by atoms with Crippen LogP contribution in [0.25, 0.3) is 0 Å². The number of carbonyl (C=O) groups excluding carboxylic acids is 1. The Morgan fingerprint density at radius 1 is 1.38 bits per heavy atom. The average molecular weight is 262 g/mol. The maximum absolute atomic E-state index is 13.7. The van der Waals surface area contributed by atoms with E-state index >= 15 is 0 Å². The van der Waals surface area contributed by atoms with E-state index in [0.717, 1.165) is 18.4 Å². The summed E-state index contributed by atoms with van der Waals surface area (Å²) < 4.78 is 13.7. The number of hydrogen-bond donors (Lipinski definition) is 1. The summed E-state index contributed by atoms with van der Waals surface area (Å²) in [4.78, 5) is 13.3. The normalized spacial score (nSPS) is 18.3. The number of nitrogens with zero attached hydrogens (tertiary/aromatic N) is 1. The number of carbonyl (C=O) groups is 1. The third-order valence-corrected chi connectivity index (χ3v) is 2.93. The summed E-state index contributed by atoms with van der Waals surface area (Å²) in [5.41, 5.74) is 7.11. The van der Waals surface area contributed by atoms with Gasteiger partial charge in [0.15, 0.2) is 0 Å². The number of nitrogens with two attached hydrogens (primary N) is 1. The quantitative estimate of drug-likeness (QED) is 0.615. The second kappa shape index (κ2) is 3.75. The first-order valence-corrected chi connectivity index (χ1v) is 5.07. The molecule has 2 aliphatic rings. The second-order valence-electron chi connectivity index (χ2n) is 4.18. The van der Waals surface area contributed by atoms with Crippen molar-refractivity contribution in [2.24, 2.45) is 0 Å². The van der Waals surface area contributed by atoms with Crippen LogP contribution in [-0.4, -0.2) is 11.9 Å². The summed E-state index contributed by atoms with van der Waals surface area (Å²) in [5.74, 6) is -0.375. The summed E-state index contributed by atoms with van der Waals surface area (Å²) in [7, 11) is 0. The van der Waals surface area contributed by atoms with Gasteiger partial charge >= 0.3 is 0 Å². The van der Waals surface area contributed by atoms with Crippen LogP contribution in [0.3, 0.4) is 0 Å². The molecule has 16 heavy (non-hydrogen) atoms. The van der Waals surface area contributed by atoms with Crippen LogP contribution in [0.5, 0.6) is 0 Å². The summed E-state index contributed by atoms with van der Waals surface area (Å²) in [5, 5.41) is 0. The van der Waals surface area contributed by atoms with Gasteiger partial charge in [0.05, 0.1) is 12.1 Å². The van der Waals surface area contributed by atoms with Crippen molar-refractivity contribution in [2.75, 3.05) is 10.6 Å². The van der Waals surface area contributed by atoms with Crippen LogP contribution in [0, 0.1) is 5.82 Å². The molecule has 0 radical (unpaired) electrons. The standard InChI is InChI=1S/C11H11FN2O.Fe/c12-9-5-7(13)3-6-4-10(15)14(11(6)9)8-1-2-8;/h3,5,8H,1-2,4,13H2;. The molecule has 1 aliphatic carbocycles. The molecule has 0 unspecified atom stereocenters. The van der Waals surface area contributed by atoms with Gasteiger partial charge in [-0.3, -0.25) is 4.79 Å². The van der Waals surface area contributed by atoms with Crippen LogP contribution in [0.15, 0.2) is 12.1 Å². The molecule has 5 heteroatoms. The van der Waals surface area contributed by atoms with Crippen LogP contribution in [-0.2, 0) is 28.3 Å². The zero-order valence-electron chi connectivity index (χ0n) is 8.52. The largest absolute Gasteiger partial charge is 0.399 e. The average Bonchev–Trinajstić information content (AvgIpc) is 2.89. The number of halogens is 1.